The second-order valence-electron chi connectivity index (χ2n) is 4.31. The van der Waals surface area contributed by atoms with Gasteiger partial charge in [-0.05, 0) is 35.7 Å². The van der Waals surface area contributed by atoms with Crippen molar-refractivity contribution in [3.05, 3.63) is 34.3 Å². The summed E-state index contributed by atoms with van der Waals surface area (Å²) in [7, 11) is 0. The Morgan fingerprint density at radius 1 is 1.16 bits per heavy atom. The number of thiophene rings is 1. The molecule has 2 rings (SSSR count). The SMILES string of the molecule is CCCc1c(NCC)ncnc1NCc1ccsc1. The lowest BCUT2D eigenvalue weighted by Crippen LogP contribution is -2.10. The van der Waals surface area contributed by atoms with Crippen LogP contribution in [0.2, 0.25) is 0 Å². The maximum atomic E-state index is 4.38. The van der Waals surface area contributed by atoms with E-state index in [9.17, 15) is 0 Å². The summed E-state index contributed by atoms with van der Waals surface area (Å²) in [6.07, 6.45) is 3.68. The van der Waals surface area contributed by atoms with Crippen molar-refractivity contribution < 1.29 is 0 Å². The Morgan fingerprint density at radius 3 is 2.58 bits per heavy atom. The van der Waals surface area contributed by atoms with E-state index in [-0.39, 0.29) is 0 Å². The smallest absolute Gasteiger partial charge is 0.134 e. The van der Waals surface area contributed by atoms with Gasteiger partial charge in [0.2, 0.25) is 0 Å². The second kappa shape index (κ2) is 7.09. The summed E-state index contributed by atoms with van der Waals surface area (Å²) in [6.45, 7) is 5.93. The molecule has 2 aromatic heterocycles. The molecule has 0 radical (unpaired) electrons. The highest BCUT2D eigenvalue weighted by molar-refractivity contribution is 7.07. The van der Waals surface area contributed by atoms with Crippen LogP contribution >= 0.6 is 11.3 Å². The van der Waals surface area contributed by atoms with Crippen molar-refractivity contribution in [1.82, 2.24) is 9.97 Å². The summed E-state index contributed by atoms with van der Waals surface area (Å²) >= 11 is 1.72. The van der Waals surface area contributed by atoms with Crippen LogP contribution in [0.4, 0.5) is 11.6 Å². The van der Waals surface area contributed by atoms with Gasteiger partial charge in [-0.25, -0.2) is 9.97 Å². The number of hydrogen-bond donors (Lipinski definition) is 2. The largest absolute Gasteiger partial charge is 0.370 e. The van der Waals surface area contributed by atoms with E-state index < -0.39 is 0 Å². The van der Waals surface area contributed by atoms with E-state index in [0.717, 1.165) is 37.6 Å². The molecule has 0 spiro atoms. The highest BCUT2D eigenvalue weighted by atomic mass is 32.1. The Labute approximate surface area is 118 Å². The lowest BCUT2D eigenvalue weighted by Gasteiger charge is -2.14. The summed E-state index contributed by atoms with van der Waals surface area (Å²) in [5, 5.41) is 11.0. The number of hydrogen-bond acceptors (Lipinski definition) is 5. The van der Waals surface area contributed by atoms with E-state index in [1.54, 1.807) is 17.7 Å². The molecule has 102 valence electrons. The van der Waals surface area contributed by atoms with Crippen LogP contribution < -0.4 is 10.6 Å². The van der Waals surface area contributed by atoms with Crippen LogP contribution in [0.15, 0.2) is 23.2 Å². The third kappa shape index (κ3) is 3.67. The zero-order chi connectivity index (χ0) is 13.5. The van der Waals surface area contributed by atoms with Crippen LogP contribution in [0.5, 0.6) is 0 Å². The number of aromatic nitrogens is 2. The van der Waals surface area contributed by atoms with Crippen molar-refractivity contribution in [2.75, 3.05) is 17.2 Å². The van der Waals surface area contributed by atoms with E-state index in [1.165, 1.54) is 11.1 Å². The molecule has 5 heteroatoms. The Hall–Kier alpha value is -1.62. The van der Waals surface area contributed by atoms with Gasteiger partial charge in [0.05, 0.1) is 0 Å². The first kappa shape index (κ1) is 13.8. The maximum Gasteiger partial charge on any atom is 0.134 e. The number of nitrogens with one attached hydrogen (secondary N) is 2. The van der Waals surface area contributed by atoms with Crippen LogP contribution in [0.1, 0.15) is 31.4 Å². The Balaban J connectivity index is 2.15. The fraction of sp³-hybridized carbons (Fsp3) is 0.429. The zero-order valence-electron chi connectivity index (χ0n) is 11.4. The molecule has 0 atom stereocenters. The van der Waals surface area contributed by atoms with Gasteiger partial charge in [-0.2, -0.15) is 11.3 Å². The van der Waals surface area contributed by atoms with Crippen LogP contribution in [0, 0.1) is 0 Å². The molecule has 0 aliphatic rings. The summed E-state index contributed by atoms with van der Waals surface area (Å²) < 4.78 is 0. The minimum absolute atomic E-state index is 0.808. The molecule has 0 aliphatic heterocycles. The molecule has 19 heavy (non-hydrogen) atoms. The molecule has 0 bridgehead atoms. The van der Waals surface area contributed by atoms with Gasteiger partial charge in [0, 0.05) is 18.7 Å². The lowest BCUT2D eigenvalue weighted by atomic mass is 10.1. The molecule has 2 aromatic rings. The first-order valence-electron chi connectivity index (χ1n) is 6.67. The topological polar surface area (TPSA) is 49.8 Å². The minimum atomic E-state index is 0.808. The standard InChI is InChI=1S/C14H20N4S/c1-3-5-12-13(15-4-2)17-10-18-14(12)16-8-11-6-7-19-9-11/h6-7,9-10H,3-5,8H2,1-2H3,(H2,15,16,17,18). The van der Waals surface area contributed by atoms with Gasteiger partial charge in [-0.3, -0.25) is 0 Å². The predicted octanol–water partition coefficient (Wildman–Crippen LogP) is 3.53. The Kier molecular flexibility index (Phi) is 5.15. The Morgan fingerprint density at radius 2 is 1.95 bits per heavy atom. The second-order valence-corrected chi connectivity index (χ2v) is 5.09. The normalized spacial score (nSPS) is 10.4. The summed E-state index contributed by atoms with van der Waals surface area (Å²) in [4.78, 5) is 8.71. The molecule has 0 saturated carbocycles. The third-order valence-corrected chi connectivity index (χ3v) is 3.56. The van der Waals surface area contributed by atoms with Crippen molar-refractivity contribution in [2.45, 2.75) is 33.2 Å². The van der Waals surface area contributed by atoms with Gasteiger partial charge in [-0.15, -0.1) is 0 Å². The average molecular weight is 276 g/mol. The summed E-state index contributed by atoms with van der Waals surface area (Å²) in [5.41, 5.74) is 2.47. The highest BCUT2D eigenvalue weighted by Crippen LogP contribution is 2.22. The van der Waals surface area contributed by atoms with E-state index in [4.69, 9.17) is 0 Å². The summed E-state index contributed by atoms with van der Waals surface area (Å²) in [6, 6.07) is 2.13. The molecular weight excluding hydrogens is 256 g/mol. The molecule has 0 fully saturated rings. The van der Waals surface area contributed by atoms with Crippen molar-refractivity contribution in [1.29, 1.82) is 0 Å². The number of nitrogens with zero attached hydrogens (tertiary/aromatic N) is 2. The van der Waals surface area contributed by atoms with Gasteiger partial charge < -0.3 is 10.6 Å². The zero-order valence-corrected chi connectivity index (χ0v) is 12.3. The van der Waals surface area contributed by atoms with Crippen LogP contribution in [0.25, 0.3) is 0 Å². The molecule has 0 unspecified atom stereocenters. The van der Waals surface area contributed by atoms with Gasteiger partial charge in [0.1, 0.15) is 18.0 Å². The average Bonchev–Trinajstić information content (AvgIpc) is 2.93. The van der Waals surface area contributed by atoms with Crippen molar-refractivity contribution in [2.24, 2.45) is 0 Å². The molecule has 2 heterocycles. The highest BCUT2D eigenvalue weighted by Gasteiger charge is 2.09. The molecule has 0 aliphatic carbocycles. The molecule has 0 saturated heterocycles. The molecule has 2 N–H and O–H groups in total. The fourth-order valence-corrected chi connectivity index (χ4v) is 2.62. The van der Waals surface area contributed by atoms with Gasteiger partial charge in [0.25, 0.3) is 0 Å². The van der Waals surface area contributed by atoms with Crippen LogP contribution in [0.3, 0.4) is 0 Å². The van der Waals surface area contributed by atoms with E-state index >= 15 is 0 Å². The monoisotopic (exact) mass is 276 g/mol. The Bertz CT molecular complexity index is 496. The van der Waals surface area contributed by atoms with Gasteiger partial charge in [-0.1, -0.05) is 13.3 Å². The van der Waals surface area contributed by atoms with Crippen molar-refractivity contribution >= 4 is 23.0 Å². The molecule has 0 aromatic carbocycles. The quantitative estimate of drug-likeness (QED) is 0.812. The van der Waals surface area contributed by atoms with Crippen LogP contribution in [-0.2, 0) is 13.0 Å². The predicted molar refractivity (Wildman–Crippen MR) is 81.8 cm³/mol. The molecule has 4 nitrogen and oxygen atoms in total. The van der Waals surface area contributed by atoms with E-state index in [2.05, 4.69) is 51.3 Å². The molecule has 0 amide bonds. The van der Waals surface area contributed by atoms with Gasteiger partial charge >= 0.3 is 0 Å². The van der Waals surface area contributed by atoms with E-state index in [1.807, 2.05) is 0 Å². The van der Waals surface area contributed by atoms with Crippen LogP contribution in [-0.4, -0.2) is 16.5 Å². The van der Waals surface area contributed by atoms with E-state index in [0.29, 0.717) is 0 Å². The first-order valence-corrected chi connectivity index (χ1v) is 7.62. The minimum Gasteiger partial charge on any atom is -0.370 e. The fourth-order valence-electron chi connectivity index (χ4n) is 1.95. The van der Waals surface area contributed by atoms with Gasteiger partial charge in [0.15, 0.2) is 0 Å². The van der Waals surface area contributed by atoms with Crippen molar-refractivity contribution in [3.63, 3.8) is 0 Å². The molecular formula is C14H20N4S. The lowest BCUT2D eigenvalue weighted by molar-refractivity contribution is 0.895. The van der Waals surface area contributed by atoms with Crippen molar-refractivity contribution in [3.8, 4) is 0 Å². The maximum absolute atomic E-state index is 4.38. The summed E-state index contributed by atoms with van der Waals surface area (Å²) in [5.74, 6) is 1.89. The first-order chi connectivity index (χ1) is 9.35. The number of anilines is 2. The third-order valence-electron chi connectivity index (χ3n) is 2.83. The number of rotatable bonds is 7.